The van der Waals surface area contributed by atoms with Gasteiger partial charge in [0, 0.05) is 18.8 Å². The molecule has 0 radical (unpaired) electrons. The van der Waals surface area contributed by atoms with Crippen molar-refractivity contribution in [2.24, 2.45) is 0 Å². The quantitative estimate of drug-likeness (QED) is 0.827. The molecule has 1 amide bonds. The van der Waals surface area contributed by atoms with Crippen LogP contribution in [0.1, 0.15) is 26.3 Å². The van der Waals surface area contributed by atoms with Gasteiger partial charge in [-0.3, -0.25) is 4.79 Å². The largest absolute Gasteiger partial charge is 0.399 e. The number of nitrogen functional groups attached to an aromatic ring is 1. The summed E-state index contributed by atoms with van der Waals surface area (Å²) in [5.41, 5.74) is 6.86. The highest BCUT2D eigenvalue weighted by Crippen LogP contribution is 2.27. The van der Waals surface area contributed by atoms with Gasteiger partial charge in [0.1, 0.15) is 0 Å². The number of carbonyl (C=O) groups is 1. The van der Waals surface area contributed by atoms with Crippen LogP contribution in [-0.4, -0.2) is 36.6 Å². The fraction of sp³-hybridized carbons (Fsp3) is 0.533. The van der Waals surface area contributed by atoms with Gasteiger partial charge in [0.05, 0.1) is 18.1 Å². The third kappa shape index (κ3) is 2.89. The van der Waals surface area contributed by atoms with Gasteiger partial charge < -0.3 is 15.4 Å². The summed E-state index contributed by atoms with van der Waals surface area (Å²) in [7, 11) is 0. The topological polar surface area (TPSA) is 55.6 Å². The highest BCUT2D eigenvalue weighted by Gasteiger charge is 2.35. The van der Waals surface area contributed by atoms with Crippen LogP contribution in [-0.2, 0) is 14.9 Å². The number of nitrogens with zero attached hydrogens (tertiary/aromatic N) is 1. The van der Waals surface area contributed by atoms with Crippen molar-refractivity contribution in [1.29, 1.82) is 0 Å². The minimum Gasteiger partial charge on any atom is -0.399 e. The molecule has 0 aromatic heterocycles. The van der Waals surface area contributed by atoms with Crippen molar-refractivity contribution in [2.45, 2.75) is 32.3 Å². The third-order valence-corrected chi connectivity index (χ3v) is 3.70. The Morgan fingerprint density at radius 2 is 2.00 bits per heavy atom. The summed E-state index contributed by atoms with van der Waals surface area (Å²) in [6.07, 6.45) is 0.111. The lowest BCUT2D eigenvalue weighted by atomic mass is 9.83. The minimum absolute atomic E-state index is 0.111. The molecular weight excluding hydrogens is 240 g/mol. The molecule has 1 heterocycles. The molecule has 0 spiro atoms. The van der Waals surface area contributed by atoms with E-state index in [1.54, 1.807) is 0 Å². The smallest absolute Gasteiger partial charge is 0.232 e. The standard InChI is InChI=1S/C15H22N2O2/c1-11-10-17(8-9-19-11)14(18)15(2,3)12-4-6-13(16)7-5-12/h4-7,11H,8-10,16H2,1-3H3. The number of amides is 1. The van der Waals surface area contributed by atoms with Crippen molar-refractivity contribution in [3.8, 4) is 0 Å². The number of nitrogens with two attached hydrogens (primary N) is 1. The summed E-state index contributed by atoms with van der Waals surface area (Å²) < 4.78 is 5.48. The molecule has 1 aromatic carbocycles. The zero-order chi connectivity index (χ0) is 14.0. The summed E-state index contributed by atoms with van der Waals surface area (Å²) in [5.74, 6) is 0.146. The van der Waals surface area contributed by atoms with Gasteiger partial charge in [0.2, 0.25) is 5.91 Å². The van der Waals surface area contributed by atoms with Gasteiger partial charge in [-0.1, -0.05) is 12.1 Å². The number of benzene rings is 1. The number of morpholine rings is 1. The predicted molar refractivity (Wildman–Crippen MR) is 75.9 cm³/mol. The van der Waals surface area contributed by atoms with E-state index < -0.39 is 5.41 Å². The lowest BCUT2D eigenvalue weighted by Gasteiger charge is -2.37. The minimum atomic E-state index is -0.537. The van der Waals surface area contributed by atoms with Crippen LogP contribution in [0, 0.1) is 0 Å². The summed E-state index contributed by atoms with van der Waals surface area (Å²) in [6, 6.07) is 7.53. The first-order chi connectivity index (χ1) is 8.91. The maximum atomic E-state index is 12.7. The van der Waals surface area contributed by atoms with Gasteiger partial charge in [-0.2, -0.15) is 0 Å². The average molecular weight is 262 g/mol. The summed E-state index contributed by atoms with van der Waals surface area (Å²) in [6.45, 7) is 7.86. The molecule has 1 aromatic rings. The van der Waals surface area contributed by atoms with E-state index in [-0.39, 0.29) is 12.0 Å². The molecule has 1 unspecified atom stereocenters. The van der Waals surface area contributed by atoms with E-state index in [0.29, 0.717) is 25.4 Å². The predicted octanol–water partition coefficient (Wildman–Crippen LogP) is 1.79. The zero-order valence-electron chi connectivity index (χ0n) is 11.8. The summed E-state index contributed by atoms with van der Waals surface area (Å²) in [4.78, 5) is 14.6. The molecule has 1 aliphatic heterocycles. The molecule has 0 saturated carbocycles. The van der Waals surface area contributed by atoms with E-state index in [0.717, 1.165) is 5.56 Å². The van der Waals surface area contributed by atoms with Gasteiger partial charge in [-0.25, -0.2) is 0 Å². The van der Waals surface area contributed by atoms with E-state index in [1.807, 2.05) is 49.9 Å². The lowest BCUT2D eigenvalue weighted by molar-refractivity contribution is -0.143. The van der Waals surface area contributed by atoms with Crippen LogP contribution in [0.4, 0.5) is 5.69 Å². The molecule has 0 bridgehead atoms. The molecule has 1 atom stereocenters. The number of ether oxygens (including phenoxy) is 1. The van der Waals surface area contributed by atoms with Crippen molar-refractivity contribution >= 4 is 11.6 Å². The molecular formula is C15H22N2O2. The molecule has 0 aliphatic carbocycles. The van der Waals surface area contributed by atoms with Crippen molar-refractivity contribution < 1.29 is 9.53 Å². The van der Waals surface area contributed by atoms with Gasteiger partial charge in [-0.15, -0.1) is 0 Å². The van der Waals surface area contributed by atoms with Gasteiger partial charge in [0.25, 0.3) is 0 Å². The average Bonchev–Trinajstić information content (AvgIpc) is 2.38. The highest BCUT2D eigenvalue weighted by molar-refractivity contribution is 5.87. The van der Waals surface area contributed by atoms with Gasteiger partial charge in [0.15, 0.2) is 0 Å². The Morgan fingerprint density at radius 1 is 1.37 bits per heavy atom. The monoisotopic (exact) mass is 262 g/mol. The third-order valence-electron chi connectivity index (χ3n) is 3.70. The van der Waals surface area contributed by atoms with Crippen LogP contribution in [0.3, 0.4) is 0 Å². The van der Waals surface area contributed by atoms with Crippen molar-refractivity contribution in [3.05, 3.63) is 29.8 Å². The van der Waals surface area contributed by atoms with Crippen LogP contribution in [0.15, 0.2) is 24.3 Å². The Bertz CT molecular complexity index is 454. The molecule has 2 rings (SSSR count). The molecule has 1 saturated heterocycles. The van der Waals surface area contributed by atoms with Crippen LogP contribution in [0.25, 0.3) is 0 Å². The van der Waals surface area contributed by atoms with Gasteiger partial charge in [-0.05, 0) is 38.5 Å². The van der Waals surface area contributed by atoms with E-state index in [1.165, 1.54) is 0 Å². The second-order valence-electron chi connectivity index (χ2n) is 5.68. The number of rotatable bonds is 2. The second kappa shape index (κ2) is 5.21. The number of hydrogen-bond acceptors (Lipinski definition) is 3. The van der Waals surface area contributed by atoms with Crippen molar-refractivity contribution in [1.82, 2.24) is 4.90 Å². The molecule has 1 aliphatic rings. The van der Waals surface area contributed by atoms with E-state index in [2.05, 4.69) is 0 Å². The maximum absolute atomic E-state index is 12.7. The molecule has 19 heavy (non-hydrogen) atoms. The highest BCUT2D eigenvalue weighted by atomic mass is 16.5. The first kappa shape index (κ1) is 13.9. The van der Waals surface area contributed by atoms with Crippen LogP contribution in [0.5, 0.6) is 0 Å². The van der Waals surface area contributed by atoms with E-state index in [4.69, 9.17) is 10.5 Å². The number of hydrogen-bond donors (Lipinski definition) is 1. The normalized spacial score (nSPS) is 20.4. The Balaban J connectivity index is 2.18. The van der Waals surface area contributed by atoms with Crippen molar-refractivity contribution in [3.63, 3.8) is 0 Å². The molecule has 1 fully saturated rings. The van der Waals surface area contributed by atoms with Gasteiger partial charge >= 0.3 is 0 Å². The van der Waals surface area contributed by atoms with Crippen LogP contribution in [0.2, 0.25) is 0 Å². The Labute approximate surface area is 114 Å². The SMILES string of the molecule is CC1CN(C(=O)C(C)(C)c2ccc(N)cc2)CCO1. The maximum Gasteiger partial charge on any atom is 0.232 e. The summed E-state index contributed by atoms with van der Waals surface area (Å²) >= 11 is 0. The Morgan fingerprint density at radius 3 is 2.58 bits per heavy atom. The number of carbonyl (C=O) groups excluding carboxylic acids is 1. The van der Waals surface area contributed by atoms with Crippen molar-refractivity contribution in [2.75, 3.05) is 25.4 Å². The van der Waals surface area contributed by atoms with E-state index >= 15 is 0 Å². The second-order valence-corrected chi connectivity index (χ2v) is 5.68. The zero-order valence-corrected chi connectivity index (χ0v) is 11.8. The molecule has 104 valence electrons. The number of anilines is 1. The lowest BCUT2D eigenvalue weighted by Crippen LogP contribution is -2.50. The summed E-state index contributed by atoms with van der Waals surface area (Å²) in [5, 5.41) is 0. The molecule has 4 nitrogen and oxygen atoms in total. The Kier molecular flexibility index (Phi) is 3.80. The van der Waals surface area contributed by atoms with Crippen LogP contribution >= 0.6 is 0 Å². The first-order valence-corrected chi connectivity index (χ1v) is 6.68. The Hall–Kier alpha value is -1.55. The fourth-order valence-corrected chi connectivity index (χ4v) is 2.42. The molecule has 4 heteroatoms. The molecule has 2 N–H and O–H groups in total. The van der Waals surface area contributed by atoms with Crippen LogP contribution < -0.4 is 5.73 Å². The first-order valence-electron chi connectivity index (χ1n) is 6.68. The fourth-order valence-electron chi connectivity index (χ4n) is 2.42. The van der Waals surface area contributed by atoms with E-state index in [9.17, 15) is 4.79 Å².